The van der Waals surface area contributed by atoms with Gasteiger partial charge >= 0.3 is 6.18 Å². The van der Waals surface area contributed by atoms with Crippen LogP contribution in [0.2, 0.25) is 0 Å². The highest BCUT2D eigenvalue weighted by molar-refractivity contribution is 5.45. The van der Waals surface area contributed by atoms with Gasteiger partial charge in [-0.15, -0.1) is 0 Å². The lowest BCUT2D eigenvalue weighted by Crippen LogP contribution is -2.04. The van der Waals surface area contributed by atoms with Gasteiger partial charge in [0.25, 0.3) is 0 Å². The Morgan fingerprint density at radius 2 is 1.63 bits per heavy atom. The summed E-state index contributed by atoms with van der Waals surface area (Å²) < 4.78 is 55.8. The van der Waals surface area contributed by atoms with Crippen LogP contribution in [-0.2, 0) is 6.18 Å². The van der Waals surface area contributed by atoms with E-state index in [9.17, 15) is 22.7 Å². The molecule has 0 bridgehead atoms. The maximum atomic E-state index is 13.3. The molecule has 0 aliphatic heterocycles. The second kappa shape index (κ2) is 4.79. The number of phenols is 1. The topological polar surface area (TPSA) is 29.5 Å². The summed E-state index contributed by atoms with van der Waals surface area (Å²) in [6.45, 7) is 0. The summed E-state index contributed by atoms with van der Waals surface area (Å²) in [5.74, 6) is -1.97. The average molecular weight is 272 g/mol. The molecule has 0 radical (unpaired) electrons. The zero-order chi connectivity index (χ0) is 14.0. The lowest BCUT2D eigenvalue weighted by atomic mass is 10.2. The number of benzene rings is 2. The standard InChI is InChI=1S/C13H8F4O2/c14-9-3-1-2-4-11(9)19-12-7-8(13(15,16)17)5-6-10(12)18/h1-7,18H. The van der Waals surface area contributed by atoms with Crippen molar-refractivity contribution in [1.29, 1.82) is 0 Å². The minimum Gasteiger partial charge on any atom is -0.504 e. The minimum absolute atomic E-state index is 0.267. The molecule has 0 fully saturated rings. The van der Waals surface area contributed by atoms with Gasteiger partial charge in [-0.2, -0.15) is 13.2 Å². The predicted molar refractivity (Wildman–Crippen MR) is 59.6 cm³/mol. The van der Waals surface area contributed by atoms with E-state index in [2.05, 4.69) is 0 Å². The first kappa shape index (κ1) is 13.2. The van der Waals surface area contributed by atoms with E-state index in [0.717, 1.165) is 12.1 Å². The van der Waals surface area contributed by atoms with Crippen molar-refractivity contribution in [3.05, 3.63) is 53.8 Å². The molecule has 6 heteroatoms. The molecular formula is C13H8F4O2. The Labute approximate surface area is 105 Å². The summed E-state index contributed by atoms with van der Waals surface area (Å²) in [4.78, 5) is 0. The molecule has 2 rings (SSSR count). The van der Waals surface area contributed by atoms with E-state index in [-0.39, 0.29) is 5.75 Å². The van der Waals surface area contributed by atoms with Crippen LogP contribution in [0.15, 0.2) is 42.5 Å². The fourth-order valence-electron chi connectivity index (χ4n) is 1.42. The van der Waals surface area contributed by atoms with Crippen LogP contribution in [0.1, 0.15) is 5.56 Å². The van der Waals surface area contributed by atoms with Crippen LogP contribution >= 0.6 is 0 Å². The fourth-order valence-corrected chi connectivity index (χ4v) is 1.42. The summed E-state index contributed by atoms with van der Waals surface area (Å²) in [5, 5.41) is 9.44. The Kier molecular flexibility index (Phi) is 3.33. The molecule has 0 saturated heterocycles. The molecule has 19 heavy (non-hydrogen) atoms. The summed E-state index contributed by atoms with van der Waals surface area (Å²) in [6.07, 6.45) is -4.57. The zero-order valence-corrected chi connectivity index (χ0v) is 9.41. The second-order valence-corrected chi connectivity index (χ2v) is 3.71. The molecular weight excluding hydrogens is 264 g/mol. The first-order valence-corrected chi connectivity index (χ1v) is 5.20. The van der Waals surface area contributed by atoms with Crippen molar-refractivity contribution < 1.29 is 27.4 Å². The SMILES string of the molecule is Oc1ccc(C(F)(F)F)cc1Oc1ccccc1F. The lowest BCUT2D eigenvalue weighted by Gasteiger charge is -2.11. The van der Waals surface area contributed by atoms with E-state index in [4.69, 9.17) is 4.74 Å². The van der Waals surface area contributed by atoms with Crippen molar-refractivity contribution in [1.82, 2.24) is 0 Å². The third-order valence-electron chi connectivity index (χ3n) is 2.34. The second-order valence-electron chi connectivity index (χ2n) is 3.71. The number of hydrogen-bond donors (Lipinski definition) is 1. The smallest absolute Gasteiger partial charge is 0.416 e. The number of para-hydroxylation sites is 1. The minimum atomic E-state index is -4.57. The summed E-state index contributed by atoms with van der Waals surface area (Å²) in [7, 11) is 0. The van der Waals surface area contributed by atoms with Crippen LogP contribution < -0.4 is 4.74 Å². The molecule has 2 aromatic rings. The Hall–Kier alpha value is -2.24. The fraction of sp³-hybridized carbons (Fsp3) is 0.0769. The highest BCUT2D eigenvalue weighted by Crippen LogP contribution is 2.37. The number of hydrogen-bond acceptors (Lipinski definition) is 2. The number of aromatic hydroxyl groups is 1. The van der Waals surface area contributed by atoms with Crippen LogP contribution in [-0.4, -0.2) is 5.11 Å². The number of rotatable bonds is 2. The number of phenolic OH excluding ortho intramolecular Hbond substituents is 1. The Balaban J connectivity index is 2.38. The van der Waals surface area contributed by atoms with Crippen LogP contribution in [0.25, 0.3) is 0 Å². The van der Waals surface area contributed by atoms with Gasteiger partial charge in [0.15, 0.2) is 23.1 Å². The van der Waals surface area contributed by atoms with Gasteiger partial charge in [0.1, 0.15) is 0 Å². The van der Waals surface area contributed by atoms with Gasteiger partial charge in [0, 0.05) is 0 Å². The van der Waals surface area contributed by atoms with Gasteiger partial charge in [0.05, 0.1) is 5.56 Å². The van der Waals surface area contributed by atoms with E-state index >= 15 is 0 Å². The first-order valence-electron chi connectivity index (χ1n) is 5.20. The van der Waals surface area contributed by atoms with Crippen LogP contribution in [0.5, 0.6) is 17.2 Å². The molecule has 0 atom stereocenters. The van der Waals surface area contributed by atoms with Crippen molar-refractivity contribution in [3.63, 3.8) is 0 Å². The van der Waals surface area contributed by atoms with Crippen LogP contribution in [0.4, 0.5) is 17.6 Å². The molecule has 0 aromatic heterocycles. The van der Waals surface area contributed by atoms with E-state index in [1.807, 2.05) is 0 Å². The van der Waals surface area contributed by atoms with E-state index in [1.165, 1.54) is 18.2 Å². The van der Waals surface area contributed by atoms with Crippen LogP contribution in [0, 0.1) is 5.82 Å². The molecule has 2 aromatic carbocycles. The van der Waals surface area contributed by atoms with Crippen molar-refractivity contribution in [3.8, 4) is 17.2 Å². The van der Waals surface area contributed by atoms with Gasteiger partial charge < -0.3 is 9.84 Å². The van der Waals surface area contributed by atoms with Gasteiger partial charge in [-0.05, 0) is 30.3 Å². The number of ether oxygens (including phenoxy) is 1. The maximum Gasteiger partial charge on any atom is 0.416 e. The van der Waals surface area contributed by atoms with Gasteiger partial charge in [-0.3, -0.25) is 0 Å². The van der Waals surface area contributed by atoms with Crippen molar-refractivity contribution in [2.24, 2.45) is 0 Å². The molecule has 0 aliphatic carbocycles. The van der Waals surface area contributed by atoms with E-state index < -0.39 is 29.1 Å². The Morgan fingerprint density at radius 3 is 2.26 bits per heavy atom. The molecule has 0 heterocycles. The number of alkyl halides is 3. The van der Waals surface area contributed by atoms with Gasteiger partial charge in [0.2, 0.25) is 0 Å². The normalized spacial score (nSPS) is 11.4. The average Bonchev–Trinajstić information content (AvgIpc) is 2.33. The van der Waals surface area contributed by atoms with Gasteiger partial charge in [-0.25, -0.2) is 4.39 Å². The largest absolute Gasteiger partial charge is 0.504 e. The van der Waals surface area contributed by atoms with Crippen molar-refractivity contribution in [2.45, 2.75) is 6.18 Å². The molecule has 0 saturated carbocycles. The highest BCUT2D eigenvalue weighted by Gasteiger charge is 2.31. The lowest BCUT2D eigenvalue weighted by molar-refractivity contribution is -0.137. The Morgan fingerprint density at radius 1 is 0.947 bits per heavy atom. The molecule has 0 amide bonds. The zero-order valence-electron chi connectivity index (χ0n) is 9.41. The predicted octanol–water partition coefficient (Wildman–Crippen LogP) is 4.34. The molecule has 2 nitrogen and oxygen atoms in total. The Bertz CT molecular complexity index is 593. The summed E-state index contributed by atoms with van der Waals surface area (Å²) in [6, 6.07) is 7.39. The number of halogens is 4. The van der Waals surface area contributed by atoms with Crippen molar-refractivity contribution >= 4 is 0 Å². The third-order valence-corrected chi connectivity index (χ3v) is 2.34. The molecule has 0 spiro atoms. The summed E-state index contributed by atoms with van der Waals surface area (Å²) in [5.41, 5.74) is -0.989. The van der Waals surface area contributed by atoms with Gasteiger partial charge in [-0.1, -0.05) is 12.1 Å². The highest BCUT2D eigenvalue weighted by atomic mass is 19.4. The molecule has 0 aliphatic rings. The van der Waals surface area contributed by atoms with Crippen molar-refractivity contribution in [2.75, 3.05) is 0 Å². The van der Waals surface area contributed by atoms with E-state index in [1.54, 1.807) is 0 Å². The maximum absolute atomic E-state index is 13.3. The monoisotopic (exact) mass is 272 g/mol. The molecule has 0 unspecified atom stereocenters. The third kappa shape index (κ3) is 2.96. The molecule has 1 N–H and O–H groups in total. The van der Waals surface area contributed by atoms with E-state index in [0.29, 0.717) is 12.1 Å². The summed E-state index contributed by atoms with van der Waals surface area (Å²) >= 11 is 0. The quantitative estimate of drug-likeness (QED) is 0.824. The molecule has 100 valence electrons. The first-order chi connectivity index (χ1) is 8.88. The van der Waals surface area contributed by atoms with Crippen LogP contribution in [0.3, 0.4) is 0 Å².